The van der Waals surface area contributed by atoms with Crippen molar-refractivity contribution in [2.75, 3.05) is 7.05 Å². The first kappa shape index (κ1) is 8.50. The predicted octanol–water partition coefficient (Wildman–Crippen LogP) is 0.718. The van der Waals surface area contributed by atoms with Crippen LogP contribution in [0.25, 0.3) is 0 Å². The maximum atomic E-state index is 8.75. The molecule has 0 aromatic carbocycles. The molecule has 0 heterocycles. The summed E-state index contributed by atoms with van der Waals surface area (Å²) in [4.78, 5) is 0. The van der Waals surface area contributed by atoms with Gasteiger partial charge in [-0.25, -0.2) is 0 Å². The van der Waals surface area contributed by atoms with Crippen molar-refractivity contribution >= 4 is 23.2 Å². The van der Waals surface area contributed by atoms with Crippen molar-refractivity contribution in [3.8, 4) is 0 Å². The molecule has 8 heavy (non-hydrogen) atoms. The number of aliphatic hydroxyl groups is 1. The van der Waals surface area contributed by atoms with Gasteiger partial charge in [0.05, 0.1) is 6.10 Å². The summed E-state index contributed by atoms with van der Waals surface area (Å²) in [5, 5.41) is 11.3. The predicted molar refractivity (Wildman–Crippen MR) is 35.2 cm³/mol. The maximum absolute atomic E-state index is 8.75. The zero-order valence-corrected chi connectivity index (χ0v) is 6.29. The number of hydrogen-bond acceptors (Lipinski definition) is 2. The van der Waals surface area contributed by atoms with Crippen LogP contribution in [0.15, 0.2) is 0 Å². The van der Waals surface area contributed by atoms with Gasteiger partial charge >= 0.3 is 0 Å². The van der Waals surface area contributed by atoms with E-state index >= 15 is 0 Å². The molecule has 0 saturated carbocycles. The van der Waals surface area contributed by atoms with E-state index in [1.54, 1.807) is 7.05 Å². The van der Waals surface area contributed by atoms with Crippen molar-refractivity contribution in [3.05, 3.63) is 0 Å². The fourth-order valence-corrected chi connectivity index (χ4v) is 0.209. The number of halogens is 2. The van der Waals surface area contributed by atoms with Crippen molar-refractivity contribution in [1.29, 1.82) is 0 Å². The number of alkyl halides is 2. The summed E-state index contributed by atoms with van der Waals surface area (Å²) in [7, 11) is 1.58. The number of nitrogens with one attached hydrogen (secondary N) is 1. The molecule has 0 radical (unpaired) electrons. The lowest BCUT2D eigenvalue weighted by Crippen LogP contribution is -2.40. The third-order valence-corrected chi connectivity index (χ3v) is 1.87. The number of hydrogen-bond donors (Lipinski definition) is 2. The monoisotopic (exact) mass is 157 g/mol. The second-order valence-corrected chi connectivity index (χ2v) is 2.93. The molecule has 2 nitrogen and oxygen atoms in total. The van der Waals surface area contributed by atoms with Gasteiger partial charge < -0.3 is 5.11 Å². The van der Waals surface area contributed by atoms with E-state index in [1.807, 2.05) is 0 Å². The molecule has 1 unspecified atom stereocenters. The zero-order chi connectivity index (χ0) is 6.78. The number of aliphatic hydroxyl groups excluding tert-OH is 1. The summed E-state index contributed by atoms with van der Waals surface area (Å²) in [6.07, 6.45) is -0.768. The Morgan fingerprint density at radius 1 is 1.62 bits per heavy atom. The first-order valence-corrected chi connectivity index (χ1v) is 3.01. The Labute approximate surface area is 58.8 Å². The van der Waals surface area contributed by atoms with Crippen molar-refractivity contribution in [3.63, 3.8) is 0 Å². The van der Waals surface area contributed by atoms with Gasteiger partial charge in [-0.15, -0.1) is 0 Å². The van der Waals surface area contributed by atoms with Crippen LogP contribution in [0.1, 0.15) is 6.92 Å². The Balaban J connectivity index is 3.71. The van der Waals surface area contributed by atoms with Gasteiger partial charge in [-0.1, -0.05) is 23.2 Å². The minimum Gasteiger partial charge on any atom is -0.389 e. The molecule has 0 aliphatic carbocycles. The van der Waals surface area contributed by atoms with E-state index in [2.05, 4.69) is 5.32 Å². The lowest BCUT2D eigenvalue weighted by molar-refractivity contribution is 0.164. The molecule has 0 amide bonds. The Kier molecular flexibility index (Phi) is 3.05. The van der Waals surface area contributed by atoms with Crippen LogP contribution in [-0.2, 0) is 0 Å². The summed E-state index contributed by atoms with van der Waals surface area (Å²) < 4.78 is -1.21. The Morgan fingerprint density at radius 2 is 2.00 bits per heavy atom. The minimum absolute atomic E-state index is 0.768. The highest BCUT2D eigenvalue weighted by molar-refractivity contribution is 6.48. The molecule has 0 bridgehead atoms. The summed E-state index contributed by atoms with van der Waals surface area (Å²) in [6, 6.07) is 0. The van der Waals surface area contributed by atoms with Crippen LogP contribution in [0.4, 0.5) is 0 Å². The van der Waals surface area contributed by atoms with Crippen LogP contribution in [0.2, 0.25) is 0 Å². The average Bonchev–Trinajstić information content (AvgIpc) is 1.67. The van der Waals surface area contributed by atoms with E-state index in [0.717, 1.165) is 0 Å². The zero-order valence-electron chi connectivity index (χ0n) is 4.78. The maximum Gasteiger partial charge on any atom is 0.194 e. The second-order valence-electron chi connectivity index (χ2n) is 1.55. The quantitative estimate of drug-likeness (QED) is 0.458. The lowest BCUT2D eigenvalue weighted by Gasteiger charge is -2.20. The van der Waals surface area contributed by atoms with Crippen LogP contribution in [-0.4, -0.2) is 22.7 Å². The lowest BCUT2D eigenvalue weighted by atomic mass is 10.4. The van der Waals surface area contributed by atoms with Gasteiger partial charge in [-0.3, -0.25) is 5.32 Å². The normalized spacial score (nSPS) is 16.1. The molecule has 2 N–H and O–H groups in total. The summed E-state index contributed by atoms with van der Waals surface area (Å²) in [6.45, 7) is 1.51. The molecule has 0 fully saturated rings. The number of rotatable bonds is 2. The molecule has 0 aromatic rings. The molecular formula is C4H9Cl2NO. The van der Waals surface area contributed by atoms with Gasteiger partial charge in [0.25, 0.3) is 0 Å². The Bertz CT molecular complexity index is 74.4. The molecule has 1 atom stereocenters. The molecule has 0 aliphatic heterocycles. The third-order valence-electron chi connectivity index (χ3n) is 0.858. The summed E-state index contributed by atoms with van der Waals surface area (Å²) >= 11 is 10.9. The highest BCUT2D eigenvalue weighted by Crippen LogP contribution is 2.20. The highest BCUT2D eigenvalue weighted by Gasteiger charge is 2.26. The SMILES string of the molecule is CNC(Cl)(Cl)C(C)O. The van der Waals surface area contributed by atoms with Gasteiger partial charge in [0.15, 0.2) is 4.46 Å². The van der Waals surface area contributed by atoms with Crippen LogP contribution < -0.4 is 5.32 Å². The Morgan fingerprint density at radius 3 is 2.00 bits per heavy atom. The standard InChI is InChI=1S/C4H9Cl2NO/c1-3(8)4(5,6)7-2/h3,7-8H,1-2H3. The fourth-order valence-electron chi connectivity index (χ4n) is 0.209. The minimum atomic E-state index is -1.21. The van der Waals surface area contributed by atoms with Crippen molar-refractivity contribution in [2.45, 2.75) is 17.5 Å². The van der Waals surface area contributed by atoms with Gasteiger partial charge in [0.1, 0.15) is 0 Å². The third kappa shape index (κ3) is 2.18. The van der Waals surface area contributed by atoms with E-state index in [4.69, 9.17) is 28.3 Å². The fraction of sp³-hybridized carbons (Fsp3) is 1.00. The first-order chi connectivity index (χ1) is 3.50. The van der Waals surface area contributed by atoms with E-state index in [-0.39, 0.29) is 0 Å². The van der Waals surface area contributed by atoms with Crippen LogP contribution in [0, 0.1) is 0 Å². The summed E-state index contributed by atoms with van der Waals surface area (Å²) in [5.74, 6) is 0. The van der Waals surface area contributed by atoms with E-state index < -0.39 is 10.6 Å². The van der Waals surface area contributed by atoms with Crippen molar-refractivity contribution < 1.29 is 5.11 Å². The summed E-state index contributed by atoms with van der Waals surface area (Å²) in [5.41, 5.74) is 0. The van der Waals surface area contributed by atoms with E-state index in [9.17, 15) is 0 Å². The van der Waals surface area contributed by atoms with Gasteiger partial charge in [0.2, 0.25) is 0 Å². The second kappa shape index (κ2) is 2.87. The van der Waals surface area contributed by atoms with Gasteiger partial charge in [-0.2, -0.15) is 0 Å². The molecule has 0 aliphatic rings. The highest BCUT2D eigenvalue weighted by atomic mass is 35.5. The van der Waals surface area contributed by atoms with Crippen LogP contribution in [0.5, 0.6) is 0 Å². The van der Waals surface area contributed by atoms with Crippen molar-refractivity contribution in [2.24, 2.45) is 0 Å². The smallest absolute Gasteiger partial charge is 0.194 e. The molecular weight excluding hydrogens is 149 g/mol. The molecule has 50 valence electrons. The number of likely N-dealkylation sites (N-methyl/N-ethyl adjacent to an activating group) is 1. The van der Waals surface area contributed by atoms with Gasteiger partial charge in [-0.05, 0) is 14.0 Å². The topological polar surface area (TPSA) is 32.3 Å². The molecule has 0 aromatic heterocycles. The molecule has 4 heteroatoms. The average molecular weight is 158 g/mol. The van der Waals surface area contributed by atoms with E-state index in [0.29, 0.717) is 0 Å². The van der Waals surface area contributed by atoms with Crippen molar-refractivity contribution in [1.82, 2.24) is 5.32 Å². The van der Waals surface area contributed by atoms with Gasteiger partial charge in [0, 0.05) is 0 Å². The van der Waals surface area contributed by atoms with Crippen LogP contribution in [0.3, 0.4) is 0 Å². The Hall–Kier alpha value is 0.500. The van der Waals surface area contributed by atoms with E-state index in [1.165, 1.54) is 6.92 Å². The first-order valence-electron chi connectivity index (χ1n) is 2.25. The largest absolute Gasteiger partial charge is 0.389 e. The molecule has 0 saturated heterocycles. The molecule has 0 rings (SSSR count). The molecule has 0 spiro atoms. The van der Waals surface area contributed by atoms with Crippen LogP contribution >= 0.6 is 23.2 Å².